The Balaban J connectivity index is 0.00000364. The lowest BCUT2D eigenvalue weighted by atomic mass is 9.80. The van der Waals surface area contributed by atoms with Gasteiger partial charge in [0, 0.05) is 11.2 Å². The molecule has 0 aliphatic carbocycles. The summed E-state index contributed by atoms with van der Waals surface area (Å²) >= 11 is 0. The van der Waals surface area contributed by atoms with Gasteiger partial charge in [-0.2, -0.15) is 0 Å². The van der Waals surface area contributed by atoms with Crippen LogP contribution in [0.15, 0.2) is 36.4 Å². The van der Waals surface area contributed by atoms with Gasteiger partial charge in [0.05, 0.1) is 5.56 Å². The Kier molecular flexibility index (Phi) is 7.86. The van der Waals surface area contributed by atoms with E-state index in [1.54, 1.807) is 0 Å². The van der Waals surface area contributed by atoms with E-state index in [0.717, 1.165) is 24.3 Å². The number of halogens is 3. The number of carboxylic acids is 1. The number of carbonyl (C=O) groups excluding carboxylic acids is 1. The minimum atomic E-state index is -2.00. The van der Waals surface area contributed by atoms with Crippen molar-refractivity contribution in [1.82, 2.24) is 0 Å². The van der Waals surface area contributed by atoms with Crippen molar-refractivity contribution in [2.24, 2.45) is 5.73 Å². The van der Waals surface area contributed by atoms with Gasteiger partial charge in [-0.25, -0.2) is 8.78 Å². The van der Waals surface area contributed by atoms with E-state index < -0.39 is 36.7 Å². The highest BCUT2D eigenvalue weighted by Gasteiger charge is 2.19. The average molecular weight is 401 g/mol. The van der Waals surface area contributed by atoms with Crippen LogP contribution >= 0.6 is 12.4 Å². The van der Waals surface area contributed by atoms with E-state index in [1.807, 2.05) is 0 Å². The van der Waals surface area contributed by atoms with E-state index in [-0.39, 0.29) is 35.5 Å². The van der Waals surface area contributed by atoms with E-state index >= 15 is 0 Å². The predicted molar refractivity (Wildman–Crippen MR) is 97.1 cm³/mol. The zero-order valence-corrected chi connectivity index (χ0v) is 14.5. The standard InChI is InChI=1S/C16H15BF2N2O5.ClH/c18-12-5-8(6-14(20)16(23)24)1-3-10(12)15(22)21-9-2-4-11(17(25)26)13(19)7-9;/h1-5,7,14,25-26H,6,20H2,(H,21,22)(H,23,24);1H/t14-;/m0./s1. The molecule has 0 saturated heterocycles. The van der Waals surface area contributed by atoms with Gasteiger partial charge in [0.1, 0.15) is 17.7 Å². The van der Waals surface area contributed by atoms with Crippen LogP contribution in [0.4, 0.5) is 14.5 Å². The Hall–Kier alpha value is -2.53. The predicted octanol–water partition coefficient (Wildman–Crippen LogP) is 0.273. The van der Waals surface area contributed by atoms with Gasteiger partial charge < -0.3 is 26.2 Å². The third kappa shape index (κ3) is 5.73. The van der Waals surface area contributed by atoms with Crippen molar-refractivity contribution in [2.75, 3.05) is 5.32 Å². The van der Waals surface area contributed by atoms with Crippen molar-refractivity contribution in [2.45, 2.75) is 12.5 Å². The molecule has 0 aliphatic rings. The molecule has 0 spiro atoms. The summed E-state index contributed by atoms with van der Waals surface area (Å²) in [7, 11) is -2.00. The molecule has 0 unspecified atom stereocenters. The van der Waals surface area contributed by atoms with Crippen molar-refractivity contribution in [3.8, 4) is 0 Å². The fourth-order valence-electron chi connectivity index (χ4n) is 2.22. The summed E-state index contributed by atoms with van der Waals surface area (Å²) in [6.45, 7) is 0. The number of hydrogen-bond acceptors (Lipinski definition) is 5. The van der Waals surface area contributed by atoms with Gasteiger partial charge in [-0.1, -0.05) is 12.1 Å². The SMILES string of the molecule is Cl.N[C@@H](Cc1ccc(C(=O)Nc2ccc(B(O)O)c(F)c2)c(F)c1)C(=O)O. The van der Waals surface area contributed by atoms with Crippen molar-refractivity contribution in [3.63, 3.8) is 0 Å². The maximum Gasteiger partial charge on any atom is 0.491 e. The quantitative estimate of drug-likeness (QED) is 0.442. The molecular weight excluding hydrogens is 384 g/mol. The summed E-state index contributed by atoms with van der Waals surface area (Å²) in [6, 6.07) is 5.51. The van der Waals surface area contributed by atoms with Crippen LogP contribution in [0, 0.1) is 11.6 Å². The highest BCUT2D eigenvalue weighted by Crippen LogP contribution is 2.15. The number of nitrogens with one attached hydrogen (secondary N) is 1. The largest absolute Gasteiger partial charge is 0.491 e. The van der Waals surface area contributed by atoms with Gasteiger partial charge in [0.2, 0.25) is 0 Å². The van der Waals surface area contributed by atoms with Gasteiger partial charge in [-0.3, -0.25) is 9.59 Å². The fraction of sp³-hybridized carbons (Fsp3) is 0.125. The first-order chi connectivity index (χ1) is 12.2. The Labute approximate surface area is 159 Å². The maximum atomic E-state index is 14.1. The van der Waals surface area contributed by atoms with Gasteiger partial charge >= 0.3 is 13.1 Å². The Morgan fingerprint density at radius 2 is 1.78 bits per heavy atom. The Morgan fingerprint density at radius 3 is 2.30 bits per heavy atom. The van der Waals surface area contributed by atoms with Gasteiger partial charge in [-0.15, -0.1) is 12.4 Å². The van der Waals surface area contributed by atoms with Crippen molar-refractivity contribution in [1.29, 1.82) is 0 Å². The van der Waals surface area contributed by atoms with Crippen LogP contribution in [0.25, 0.3) is 0 Å². The molecule has 2 rings (SSSR count). The first kappa shape index (κ1) is 22.5. The summed E-state index contributed by atoms with van der Waals surface area (Å²) < 4.78 is 27.8. The second kappa shape index (κ2) is 9.42. The van der Waals surface area contributed by atoms with E-state index in [4.69, 9.17) is 20.9 Å². The minimum Gasteiger partial charge on any atom is -0.480 e. The number of carbonyl (C=O) groups is 2. The van der Waals surface area contributed by atoms with Crippen molar-refractivity contribution >= 4 is 42.6 Å². The number of rotatable bonds is 6. The second-order valence-electron chi connectivity index (χ2n) is 5.53. The molecule has 0 fully saturated rings. The lowest BCUT2D eigenvalue weighted by molar-refractivity contribution is -0.138. The molecule has 1 amide bonds. The van der Waals surface area contributed by atoms with Gasteiger partial charge in [0.25, 0.3) is 5.91 Å². The lowest BCUT2D eigenvalue weighted by Crippen LogP contribution is -2.32. The smallest absolute Gasteiger partial charge is 0.480 e. The molecule has 27 heavy (non-hydrogen) atoms. The average Bonchev–Trinajstić information content (AvgIpc) is 2.54. The molecule has 0 aliphatic heterocycles. The van der Waals surface area contributed by atoms with Crippen LogP contribution in [0.2, 0.25) is 0 Å². The summed E-state index contributed by atoms with van der Waals surface area (Å²) in [4.78, 5) is 22.8. The molecular formula is C16H16BClF2N2O5. The zero-order chi connectivity index (χ0) is 19.4. The van der Waals surface area contributed by atoms with E-state index in [9.17, 15) is 18.4 Å². The summed E-state index contributed by atoms with van der Waals surface area (Å²) in [6.07, 6.45) is -0.107. The summed E-state index contributed by atoms with van der Waals surface area (Å²) in [5.41, 5.74) is 4.98. The van der Waals surface area contributed by atoms with Gasteiger partial charge in [-0.05, 0) is 36.2 Å². The van der Waals surface area contributed by atoms with E-state index in [1.165, 1.54) is 12.1 Å². The molecule has 11 heteroatoms. The molecule has 0 aromatic heterocycles. The molecule has 0 saturated carbocycles. The number of amides is 1. The van der Waals surface area contributed by atoms with Crippen molar-refractivity contribution < 1.29 is 33.5 Å². The first-order valence-electron chi connectivity index (χ1n) is 7.42. The topological polar surface area (TPSA) is 133 Å². The van der Waals surface area contributed by atoms with Crippen LogP contribution in [0.5, 0.6) is 0 Å². The van der Waals surface area contributed by atoms with Crippen molar-refractivity contribution in [3.05, 3.63) is 59.2 Å². The molecule has 7 nitrogen and oxygen atoms in total. The molecule has 6 N–H and O–H groups in total. The number of aliphatic carboxylic acids is 1. The maximum absolute atomic E-state index is 14.1. The van der Waals surface area contributed by atoms with Crippen LogP contribution < -0.4 is 16.5 Å². The highest BCUT2D eigenvalue weighted by molar-refractivity contribution is 6.58. The van der Waals surface area contributed by atoms with E-state index in [2.05, 4.69) is 5.32 Å². The highest BCUT2D eigenvalue weighted by atomic mass is 35.5. The number of carboxylic acid groups (broad SMARTS) is 1. The van der Waals surface area contributed by atoms with Crippen LogP contribution in [0.3, 0.4) is 0 Å². The lowest BCUT2D eigenvalue weighted by Gasteiger charge is -2.10. The summed E-state index contributed by atoms with van der Waals surface area (Å²) in [5.74, 6) is -3.92. The molecule has 2 aromatic rings. The molecule has 0 heterocycles. The normalized spacial score (nSPS) is 11.3. The van der Waals surface area contributed by atoms with Crippen LogP contribution in [-0.4, -0.2) is 40.2 Å². The first-order valence-corrected chi connectivity index (χ1v) is 7.42. The number of anilines is 1. The van der Waals surface area contributed by atoms with Gasteiger partial charge in [0.15, 0.2) is 0 Å². The third-order valence-corrected chi connectivity index (χ3v) is 3.59. The molecule has 0 radical (unpaired) electrons. The fourth-order valence-corrected chi connectivity index (χ4v) is 2.22. The zero-order valence-electron chi connectivity index (χ0n) is 13.7. The molecule has 0 bridgehead atoms. The summed E-state index contributed by atoms with van der Waals surface area (Å²) in [5, 5.41) is 28.9. The monoisotopic (exact) mass is 400 g/mol. The third-order valence-electron chi connectivity index (χ3n) is 3.59. The number of hydrogen-bond donors (Lipinski definition) is 5. The second-order valence-corrected chi connectivity index (χ2v) is 5.53. The molecule has 144 valence electrons. The Morgan fingerprint density at radius 1 is 1.11 bits per heavy atom. The number of benzene rings is 2. The Bertz CT molecular complexity index is 854. The minimum absolute atomic E-state index is 0. The number of nitrogens with two attached hydrogens (primary N) is 1. The molecule has 1 atom stereocenters. The van der Waals surface area contributed by atoms with Crippen LogP contribution in [-0.2, 0) is 11.2 Å². The van der Waals surface area contributed by atoms with Crippen LogP contribution in [0.1, 0.15) is 15.9 Å². The molecule has 2 aromatic carbocycles. The van der Waals surface area contributed by atoms with E-state index in [0.29, 0.717) is 5.56 Å².